The van der Waals surface area contributed by atoms with Crippen LogP contribution in [0.25, 0.3) is 11.3 Å². The SMILES string of the molecule is [2H]C([2H])c1ccc(-c2cc(C([2H])([2H])C(C)(C)C)c([Si](C)(C)C)cn2)cc1. The Morgan fingerprint density at radius 3 is 2.27 bits per heavy atom. The van der Waals surface area contributed by atoms with Crippen molar-refractivity contribution < 1.29 is 5.48 Å². The van der Waals surface area contributed by atoms with E-state index >= 15 is 0 Å². The maximum absolute atomic E-state index is 8.80. The van der Waals surface area contributed by atoms with E-state index in [1.54, 1.807) is 12.1 Å². The van der Waals surface area contributed by atoms with Crippen LogP contribution in [0.15, 0.2) is 36.5 Å². The molecule has 0 bridgehead atoms. The second kappa shape index (κ2) is 6.00. The molecule has 0 aliphatic heterocycles. The molecule has 1 aromatic heterocycles. The molecule has 1 aromatic carbocycles. The number of hydrogen-bond donors (Lipinski definition) is 0. The number of pyridine rings is 1. The molecule has 2 heteroatoms. The van der Waals surface area contributed by atoms with E-state index in [2.05, 4.69) is 24.6 Å². The Balaban J connectivity index is 2.63. The lowest BCUT2D eigenvalue weighted by Gasteiger charge is -2.26. The van der Waals surface area contributed by atoms with Crippen molar-refractivity contribution in [1.29, 1.82) is 0 Å². The molecule has 0 N–H and O–H groups in total. The molecule has 0 aliphatic carbocycles. The van der Waals surface area contributed by atoms with Crippen LogP contribution in [0.5, 0.6) is 0 Å². The van der Waals surface area contributed by atoms with Gasteiger partial charge in [-0.25, -0.2) is 0 Å². The number of benzene rings is 1. The molecule has 0 unspecified atom stereocenters. The van der Waals surface area contributed by atoms with Crippen LogP contribution >= 0.6 is 0 Å². The maximum atomic E-state index is 8.80. The van der Waals surface area contributed by atoms with Gasteiger partial charge in [0.25, 0.3) is 0 Å². The molecular formula is C20H29NSi. The number of nitrogens with zero attached hydrogens (tertiary/aromatic N) is 1. The van der Waals surface area contributed by atoms with Crippen LogP contribution in [-0.4, -0.2) is 13.1 Å². The van der Waals surface area contributed by atoms with Crippen LogP contribution in [0.4, 0.5) is 0 Å². The molecule has 0 atom stereocenters. The molecular weight excluding hydrogens is 282 g/mol. The Kier molecular flexibility index (Phi) is 3.29. The third-order valence-electron chi connectivity index (χ3n) is 3.43. The van der Waals surface area contributed by atoms with Crippen LogP contribution in [-0.2, 0) is 6.37 Å². The lowest BCUT2D eigenvalue weighted by Crippen LogP contribution is -2.41. The zero-order valence-corrected chi connectivity index (χ0v) is 15.5. The molecule has 2 aromatic rings. The van der Waals surface area contributed by atoms with Gasteiger partial charge in [0, 0.05) is 17.2 Å². The van der Waals surface area contributed by atoms with Gasteiger partial charge in [0.2, 0.25) is 0 Å². The molecule has 1 nitrogen and oxygen atoms in total. The van der Waals surface area contributed by atoms with Crippen molar-refractivity contribution in [2.24, 2.45) is 5.41 Å². The predicted molar refractivity (Wildman–Crippen MR) is 101 cm³/mol. The smallest absolute Gasteiger partial charge is 0.0799 e. The summed E-state index contributed by atoms with van der Waals surface area (Å²) in [6.45, 7) is 11.4. The van der Waals surface area contributed by atoms with Gasteiger partial charge in [0.05, 0.1) is 13.8 Å². The molecule has 1 heterocycles. The van der Waals surface area contributed by atoms with E-state index < -0.39 is 26.7 Å². The molecule has 2 rings (SSSR count). The molecule has 0 radical (unpaired) electrons. The first-order valence-corrected chi connectivity index (χ1v) is 11.2. The van der Waals surface area contributed by atoms with Gasteiger partial charge in [-0.15, -0.1) is 0 Å². The maximum Gasteiger partial charge on any atom is 0.0799 e. The summed E-state index contributed by atoms with van der Waals surface area (Å²) in [7, 11) is -1.77. The van der Waals surface area contributed by atoms with Crippen LogP contribution in [0.1, 0.15) is 37.4 Å². The third-order valence-corrected chi connectivity index (χ3v) is 5.44. The van der Waals surface area contributed by atoms with Crippen molar-refractivity contribution >= 4 is 13.3 Å². The molecule has 0 saturated heterocycles. The van der Waals surface area contributed by atoms with E-state index in [-0.39, 0.29) is 0 Å². The zero-order chi connectivity index (χ0) is 19.9. The fourth-order valence-electron chi connectivity index (χ4n) is 2.37. The fourth-order valence-corrected chi connectivity index (χ4v) is 3.77. The standard InChI is InChI=1S/C20H29NSi/c1-15-8-10-16(11-9-15)18-12-17(13-20(2,3)4)19(14-21-18)22(5,6)7/h8-12,14H,13H2,1-7H3/i1D2,13D2. The van der Waals surface area contributed by atoms with Crippen LogP contribution in [0, 0.1) is 12.3 Å². The van der Waals surface area contributed by atoms with Crippen molar-refractivity contribution in [2.45, 2.75) is 53.7 Å². The minimum Gasteiger partial charge on any atom is -0.256 e. The summed E-state index contributed by atoms with van der Waals surface area (Å²) in [6, 6.07) is 9.15. The topological polar surface area (TPSA) is 12.9 Å². The quantitative estimate of drug-likeness (QED) is 0.710. The Morgan fingerprint density at radius 1 is 1.14 bits per heavy atom. The number of hydrogen-bond acceptors (Lipinski definition) is 1. The molecule has 22 heavy (non-hydrogen) atoms. The van der Waals surface area contributed by atoms with Crippen molar-refractivity contribution in [3.05, 3.63) is 47.7 Å². The van der Waals surface area contributed by atoms with E-state index in [9.17, 15) is 0 Å². The Bertz CT molecular complexity index is 772. The van der Waals surface area contributed by atoms with Gasteiger partial charge < -0.3 is 0 Å². The predicted octanol–water partition coefficient (Wildman–Crippen LogP) is 5.19. The summed E-state index contributed by atoms with van der Waals surface area (Å²) < 4.78 is 32.6. The summed E-state index contributed by atoms with van der Waals surface area (Å²) in [5, 5.41) is 1.05. The van der Waals surface area contributed by atoms with Crippen molar-refractivity contribution in [3.8, 4) is 11.3 Å². The first-order valence-electron chi connectivity index (χ1n) is 9.86. The third kappa shape index (κ3) is 4.29. The second-order valence-corrected chi connectivity index (χ2v) is 12.9. The molecule has 0 fully saturated rings. The highest BCUT2D eigenvalue weighted by Gasteiger charge is 2.24. The van der Waals surface area contributed by atoms with Crippen LogP contribution < -0.4 is 5.19 Å². The number of aryl methyl sites for hydroxylation is 1. The van der Waals surface area contributed by atoms with Gasteiger partial charge in [-0.3, -0.25) is 4.98 Å². The number of rotatable bonds is 3. The number of aromatic nitrogens is 1. The molecule has 0 spiro atoms. The lowest BCUT2D eigenvalue weighted by molar-refractivity contribution is 0.412. The van der Waals surface area contributed by atoms with Crippen LogP contribution in [0.3, 0.4) is 0 Å². The van der Waals surface area contributed by atoms with Crippen molar-refractivity contribution in [2.75, 3.05) is 0 Å². The minimum atomic E-state index is -1.77. The van der Waals surface area contributed by atoms with E-state index in [4.69, 9.17) is 5.48 Å². The van der Waals surface area contributed by atoms with Gasteiger partial charge in [-0.05, 0) is 35.5 Å². The van der Waals surface area contributed by atoms with Gasteiger partial charge in [0.15, 0.2) is 0 Å². The Hall–Kier alpha value is -1.41. The fraction of sp³-hybridized carbons (Fsp3) is 0.450. The zero-order valence-electron chi connectivity index (χ0n) is 18.5. The molecule has 0 amide bonds. The highest BCUT2D eigenvalue weighted by molar-refractivity contribution is 6.89. The minimum absolute atomic E-state index is 0.534. The van der Waals surface area contributed by atoms with E-state index in [1.165, 1.54) is 0 Å². The summed E-state index contributed by atoms with van der Waals surface area (Å²) in [5.74, 6) is 0. The highest BCUT2D eigenvalue weighted by Crippen LogP contribution is 2.25. The second-order valence-electron chi connectivity index (χ2n) is 7.86. The lowest BCUT2D eigenvalue weighted by atomic mass is 9.88. The van der Waals surface area contributed by atoms with E-state index in [0.717, 1.165) is 22.0 Å². The average Bonchev–Trinajstić information content (AvgIpc) is 2.52. The average molecular weight is 316 g/mol. The van der Waals surface area contributed by atoms with E-state index in [0.29, 0.717) is 5.56 Å². The van der Waals surface area contributed by atoms with Gasteiger partial charge in [0.1, 0.15) is 0 Å². The molecule has 118 valence electrons. The highest BCUT2D eigenvalue weighted by atomic mass is 28.3. The van der Waals surface area contributed by atoms with Crippen LogP contribution in [0.2, 0.25) is 19.6 Å². The summed E-state index contributed by atoms with van der Waals surface area (Å²) >= 11 is 0. The Morgan fingerprint density at radius 2 is 1.77 bits per heavy atom. The first kappa shape index (κ1) is 12.1. The largest absolute Gasteiger partial charge is 0.256 e. The van der Waals surface area contributed by atoms with Crippen molar-refractivity contribution in [3.63, 3.8) is 0 Å². The summed E-state index contributed by atoms with van der Waals surface area (Å²) in [6.07, 6.45) is 0.375. The summed E-state index contributed by atoms with van der Waals surface area (Å²) in [5.41, 5.74) is 2.44. The van der Waals surface area contributed by atoms with Gasteiger partial charge in [-0.1, -0.05) is 70.2 Å². The van der Waals surface area contributed by atoms with Crippen molar-refractivity contribution in [1.82, 2.24) is 4.98 Å². The first-order chi connectivity index (χ1) is 11.7. The van der Waals surface area contributed by atoms with Gasteiger partial charge in [-0.2, -0.15) is 0 Å². The Labute approximate surface area is 142 Å². The molecule has 0 aliphatic rings. The molecule has 0 saturated carbocycles. The summed E-state index contributed by atoms with van der Waals surface area (Å²) in [4.78, 5) is 4.62. The normalized spacial score (nSPS) is 16.0. The van der Waals surface area contributed by atoms with Gasteiger partial charge >= 0.3 is 0 Å². The van der Waals surface area contributed by atoms with E-state index in [1.807, 2.05) is 45.2 Å². The monoisotopic (exact) mass is 315 g/mol.